The van der Waals surface area contributed by atoms with Crippen LogP contribution in [0.3, 0.4) is 0 Å². The SMILES string of the molecule is C.CC(C)(C)OC(=O)CCOCCOCCOCCOCCOCCOCCOCCOCCOCCOCCOCCOCCN1C(=O)C=CC1=O.CN1C(=O)C(Br)C(Br)C1=O.O=C(O)CCOCCOCCOCCOCCOCCOCCOCCOCCOCCOCCOCCOCCN1C(=O)C=CC1=O.O=C1C=CC(=O)N1. The number of carboxylic acid groups (broad SMARTS) is 1. The summed E-state index contributed by atoms with van der Waals surface area (Å²) in [5.74, 6) is -3.43. The summed E-state index contributed by atoms with van der Waals surface area (Å²) in [6.45, 7) is 27.0. The number of likely N-dealkylation sites (tertiary alicyclic amines) is 1. The van der Waals surface area contributed by atoms with E-state index in [-0.39, 0.29) is 106 Å². The lowest BCUT2D eigenvalue weighted by molar-refractivity contribution is -0.156. The van der Waals surface area contributed by atoms with Crippen molar-refractivity contribution in [1.29, 1.82) is 0 Å². The third kappa shape index (κ3) is 71.3. The van der Waals surface area contributed by atoms with Crippen molar-refractivity contribution in [3.05, 3.63) is 36.5 Å². The molecule has 1 fully saturated rings. The highest BCUT2D eigenvalue weighted by Crippen LogP contribution is 2.25. The number of carbonyl (C=O) groups is 10. The fourth-order valence-corrected chi connectivity index (χ4v) is 9.52. The molecular formula is C76H130Br2N4O36. The van der Waals surface area contributed by atoms with E-state index in [2.05, 4.69) is 31.9 Å². The van der Waals surface area contributed by atoms with Crippen LogP contribution in [0.15, 0.2) is 36.5 Å². The maximum absolute atomic E-state index is 11.6. The van der Waals surface area contributed by atoms with E-state index in [0.717, 1.165) is 14.7 Å². The van der Waals surface area contributed by atoms with Gasteiger partial charge in [-0.05, 0) is 20.8 Å². The molecule has 0 aromatic heterocycles. The van der Waals surface area contributed by atoms with Gasteiger partial charge in [-0.15, -0.1) is 0 Å². The average molecular weight is 1840 g/mol. The predicted octanol–water partition coefficient (Wildman–Crippen LogP) is 0.775. The molecule has 4 heterocycles. The Morgan fingerprint density at radius 3 is 0.619 bits per heavy atom. The van der Waals surface area contributed by atoms with Gasteiger partial charge < -0.3 is 124 Å². The highest BCUT2D eigenvalue weighted by atomic mass is 79.9. The first-order valence-corrected chi connectivity index (χ1v) is 40.6. The maximum Gasteiger partial charge on any atom is 0.308 e. The van der Waals surface area contributed by atoms with Crippen molar-refractivity contribution in [3.8, 4) is 0 Å². The highest BCUT2D eigenvalue weighted by Gasteiger charge is 2.42. The van der Waals surface area contributed by atoms with E-state index in [0.29, 0.717) is 297 Å². The first kappa shape index (κ1) is 113. The van der Waals surface area contributed by atoms with Crippen LogP contribution in [0.4, 0.5) is 0 Å². The summed E-state index contributed by atoms with van der Waals surface area (Å²) in [4.78, 5) is 112. The molecule has 0 spiro atoms. The Balaban J connectivity index is 0.00000191. The number of alkyl halides is 2. The van der Waals surface area contributed by atoms with Gasteiger partial charge in [0.05, 0.1) is 343 Å². The second kappa shape index (κ2) is 81.4. The fourth-order valence-electron chi connectivity index (χ4n) is 8.45. The minimum atomic E-state index is -0.880. The molecule has 0 saturated carbocycles. The molecule has 0 aromatic carbocycles. The van der Waals surface area contributed by atoms with Gasteiger partial charge in [0.2, 0.25) is 11.8 Å². The molecular weight excluding hydrogens is 1700 g/mol. The molecule has 684 valence electrons. The van der Waals surface area contributed by atoms with Crippen molar-refractivity contribution in [2.75, 3.05) is 337 Å². The molecule has 4 rings (SSSR count). The third-order valence-corrected chi connectivity index (χ3v) is 16.8. The predicted molar refractivity (Wildman–Crippen MR) is 426 cm³/mol. The summed E-state index contributed by atoms with van der Waals surface area (Å²) in [5, 5.41) is 10.5. The van der Waals surface area contributed by atoms with E-state index in [4.69, 9.17) is 124 Å². The first-order valence-electron chi connectivity index (χ1n) is 38.7. The number of halogens is 2. The Morgan fingerprint density at radius 1 is 0.305 bits per heavy atom. The van der Waals surface area contributed by atoms with Crippen LogP contribution in [-0.2, 0) is 166 Å². The topological polar surface area (TPSA) is 443 Å². The van der Waals surface area contributed by atoms with Crippen molar-refractivity contribution in [2.24, 2.45) is 0 Å². The molecule has 1 saturated heterocycles. The number of amides is 8. The molecule has 118 heavy (non-hydrogen) atoms. The summed E-state index contributed by atoms with van der Waals surface area (Å²) in [5.41, 5.74) is -0.480. The minimum Gasteiger partial charge on any atom is -0.481 e. The molecule has 8 amide bonds. The molecule has 2 unspecified atom stereocenters. The van der Waals surface area contributed by atoms with Crippen molar-refractivity contribution in [2.45, 2.75) is 56.3 Å². The number of esters is 1. The number of carboxylic acids is 1. The van der Waals surface area contributed by atoms with Crippen LogP contribution in [0, 0.1) is 0 Å². The zero-order chi connectivity index (χ0) is 85.6. The van der Waals surface area contributed by atoms with Crippen LogP contribution in [0.1, 0.15) is 41.0 Å². The number of carbonyl (C=O) groups excluding carboxylic acids is 9. The number of imide groups is 4. The Bertz CT molecular complexity index is 2600. The largest absolute Gasteiger partial charge is 0.481 e. The Labute approximate surface area is 709 Å². The number of hydrogen-bond donors (Lipinski definition) is 2. The molecule has 0 radical (unpaired) electrons. The Hall–Kier alpha value is -5.28. The standard InChI is InChI=1S/C35H63NO16.C31H55NO16.C5H5Br2NO2.C4H3NO2.CH4/c1-35(2,3)52-34(39)6-8-40-10-12-42-14-16-44-18-20-46-22-24-48-26-28-50-30-31-51-29-27-49-25-23-47-21-19-45-17-15-43-13-11-41-9-7-36-32(37)4-5-33(36)38;33-29-1-2-30(34)32(29)4-6-38-8-10-40-12-14-42-16-18-44-20-22-46-24-26-48-28-27-47-25-23-45-21-19-43-17-15-41-13-11-39-9-7-37-5-3-31(35)36;1-8-4(9)2(6)3(7)5(8)10;6-3-1-2-4(7)5-3;/h4-5H,6-31H2,1-3H3;1-2H,3-28H2,(H,35,36);2-3H,1H3;1-2H,(H,5,6,7);1H4. The summed E-state index contributed by atoms with van der Waals surface area (Å²) in [6, 6.07) is 0. The van der Waals surface area contributed by atoms with E-state index in [9.17, 15) is 47.9 Å². The second-order valence-electron chi connectivity index (χ2n) is 24.7. The van der Waals surface area contributed by atoms with Crippen molar-refractivity contribution < 1.29 is 171 Å². The average Bonchev–Trinajstić information content (AvgIpc) is 1.71. The molecule has 0 aliphatic carbocycles. The molecule has 2 atom stereocenters. The van der Waals surface area contributed by atoms with E-state index < -0.39 is 21.2 Å². The van der Waals surface area contributed by atoms with Crippen LogP contribution in [0.25, 0.3) is 0 Å². The van der Waals surface area contributed by atoms with Crippen molar-refractivity contribution in [3.63, 3.8) is 0 Å². The maximum atomic E-state index is 11.6. The van der Waals surface area contributed by atoms with Crippen LogP contribution in [0.2, 0.25) is 0 Å². The molecule has 4 aliphatic rings. The van der Waals surface area contributed by atoms with Gasteiger partial charge >= 0.3 is 11.9 Å². The van der Waals surface area contributed by atoms with Gasteiger partial charge in [0.15, 0.2) is 0 Å². The number of aliphatic carboxylic acids is 1. The quantitative estimate of drug-likeness (QED) is 0.0367. The Kier molecular flexibility index (Phi) is 77.7. The monoisotopic (exact) mass is 1830 g/mol. The zero-order valence-corrected chi connectivity index (χ0v) is 71.4. The Morgan fingerprint density at radius 2 is 0.475 bits per heavy atom. The fraction of sp³-hybridized carbons (Fsp3) is 0.789. The van der Waals surface area contributed by atoms with Gasteiger partial charge in [0.25, 0.3) is 35.4 Å². The van der Waals surface area contributed by atoms with E-state index in [1.165, 1.54) is 43.5 Å². The normalized spacial score (nSPS) is 15.0. The van der Waals surface area contributed by atoms with Crippen molar-refractivity contribution >= 4 is 91.1 Å². The molecule has 2 N–H and O–H groups in total. The summed E-state index contributed by atoms with van der Waals surface area (Å²) in [6.07, 6.45) is 7.62. The number of ether oxygens (including phenoxy) is 25. The second-order valence-corrected chi connectivity index (χ2v) is 26.7. The molecule has 0 bridgehead atoms. The van der Waals surface area contributed by atoms with Crippen LogP contribution in [-0.4, -0.2) is 432 Å². The molecule has 42 heteroatoms. The minimum absolute atomic E-state index is 0. The van der Waals surface area contributed by atoms with E-state index in [1.54, 1.807) is 0 Å². The lowest BCUT2D eigenvalue weighted by atomic mass is 10.2. The highest BCUT2D eigenvalue weighted by molar-refractivity contribution is 9.12. The molecule has 40 nitrogen and oxygen atoms in total. The van der Waals surface area contributed by atoms with Gasteiger partial charge in [0.1, 0.15) is 15.3 Å². The van der Waals surface area contributed by atoms with E-state index in [1.807, 2.05) is 26.1 Å². The third-order valence-electron chi connectivity index (χ3n) is 14.3. The lowest BCUT2D eigenvalue weighted by Gasteiger charge is -2.19. The van der Waals surface area contributed by atoms with Crippen molar-refractivity contribution in [1.82, 2.24) is 20.0 Å². The van der Waals surface area contributed by atoms with Gasteiger partial charge in [-0.25, -0.2) is 0 Å². The lowest BCUT2D eigenvalue weighted by Crippen LogP contribution is -2.33. The number of rotatable bonds is 78. The van der Waals surface area contributed by atoms with Gasteiger partial charge in [-0.1, -0.05) is 39.3 Å². The summed E-state index contributed by atoms with van der Waals surface area (Å²) >= 11 is 6.18. The molecule has 4 aliphatic heterocycles. The molecule has 0 aromatic rings. The van der Waals surface area contributed by atoms with Crippen LogP contribution in [0.5, 0.6) is 0 Å². The smallest absolute Gasteiger partial charge is 0.308 e. The van der Waals surface area contributed by atoms with Gasteiger partial charge in [-0.3, -0.25) is 68.0 Å². The summed E-state index contributed by atoms with van der Waals surface area (Å²) < 4.78 is 135. The van der Waals surface area contributed by atoms with Crippen LogP contribution < -0.4 is 5.32 Å². The van der Waals surface area contributed by atoms with Gasteiger partial charge in [-0.2, -0.15) is 0 Å². The summed E-state index contributed by atoms with van der Waals surface area (Å²) in [7, 11) is 1.47. The van der Waals surface area contributed by atoms with E-state index >= 15 is 0 Å². The van der Waals surface area contributed by atoms with Gasteiger partial charge in [0, 0.05) is 43.5 Å². The van der Waals surface area contributed by atoms with Crippen LogP contribution >= 0.6 is 31.9 Å². The number of nitrogens with zero attached hydrogens (tertiary/aromatic N) is 3. The first-order chi connectivity index (χ1) is 56.7. The number of hydrogen-bond acceptors (Lipinski definition) is 35. The number of nitrogens with one attached hydrogen (secondary N) is 1. The zero-order valence-electron chi connectivity index (χ0n) is 68.2.